The van der Waals surface area contributed by atoms with Crippen molar-refractivity contribution in [2.75, 3.05) is 24.3 Å². The summed E-state index contributed by atoms with van der Waals surface area (Å²) in [5, 5.41) is 12.1. The van der Waals surface area contributed by atoms with Crippen LogP contribution in [0.15, 0.2) is 18.2 Å². The van der Waals surface area contributed by atoms with E-state index in [0.29, 0.717) is 12.3 Å². The molecule has 5 heteroatoms. The Kier molecular flexibility index (Phi) is 2.93. The summed E-state index contributed by atoms with van der Waals surface area (Å²) in [6.07, 6.45) is 0.910. The van der Waals surface area contributed by atoms with Crippen molar-refractivity contribution >= 4 is 17.3 Å². The van der Waals surface area contributed by atoms with Gasteiger partial charge in [0.2, 0.25) is 0 Å². The molecule has 5 nitrogen and oxygen atoms in total. The van der Waals surface area contributed by atoms with Crippen LogP contribution in [0.3, 0.4) is 0 Å². The molecule has 1 heterocycles. The maximum atomic E-state index is 10.8. The second kappa shape index (κ2) is 4.25. The Labute approximate surface area is 99.6 Å². The number of carboxylic acid groups (broad SMARTS) is 1. The molecular formula is C12H16N2O3. The van der Waals surface area contributed by atoms with Crippen molar-refractivity contribution in [1.29, 1.82) is 0 Å². The lowest BCUT2D eigenvalue weighted by atomic mass is 10.0. The topological polar surface area (TPSA) is 84.6 Å². The van der Waals surface area contributed by atoms with Crippen LogP contribution in [0.1, 0.15) is 23.7 Å². The Morgan fingerprint density at radius 1 is 1.59 bits per heavy atom. The Bertz CT molecular complexity index is 439. The van der Waals surface area contributed by atoms with Crippen molar-refractivity contribution in [2.24, 2.45) is 0 Å². The first-order valence-corrected chi connectivity index (χ1v) is 5.49. The van der Waals surface area contributed by atoms with Crippen molar-refractivity contribution < 1.29 is 14.6 Å². The van der Waals surface area contributed by atoms with E-state index in [2.05, 4.69) is 12.2 Å². The van der Waals surface area contributed by atoms with Gasteiger partial charge in [-0.1, -0.05) is 0 Å². The van der Waals surface area contributed by atoms with E-state index in [4.69, 9.17) is 15.6 Å². The van der Waals surface area contributed by atoms with Crippen LogP contribution < -0.4 is 11.1 Å². The zero-order chi connectivity index (χ0) is 12.5. The highest BCUT2D eigenvalue weighted by Gasteiger charge is 2.29. The van der Waals surface area contributed by atoms with Gasteiger partial charge in [-0.2, -0.15) is 0 Å². The molecule has 0 aromatic heterocycles. The zero-order valence-corrected chi connectivity index (χ0v) is 9.69. The highest BCUT2D eigenvalue weighted by Crippen LogP contribution is 2.28. The Balaban J connectivity index is 2.19. The first-order chi connectivity index (χ1) is 8.00. The van der Waals surface area contributed by atoms with Crippen LogP contribution in [-0.4, -0.2) is 29.8 Å². The van der Waals surface area contributed by atoms with Gasteiger partial charge in [0, 0.05) is 6.61 Å². The Hall–Kier alpha value is -1.75. The molecule has 0 aliphatic carbocycles. The number of rotatable bonds is 3. The monoisotopic (exact) mass is 236 g/mol. The Morgan fingerprint density at radius 3 is 2.88 bits per heavy atom. The number of ether oxygens (including phenoxy) is 1. The number of anilines is 2. The molecule has 1 aromatic rings. The third kappa shape index (κ3) is 2.50. The predicted octanol–water partition coefficient (Wildman–Crippen LogP) is 1.56. The molecule has 4 N–H and O–H groups in total. The van der Waals surface area contributed by atoms with Crippen molar-refractivity contribution in [2.45, 2.75) is 18.9 Å². The fraction of sp³-hybridized carbons (Fsp3) is 0.417. The molecule has 0 bridgehead atoms. The summed E-state index contributed by atoms with van der Waals surface area (Å²) in [7, 11) is 0. The highest BCUT2D eigenvalue weighted by atomic mass is 16.5. The number of hydrogen-bond donors (Lipinski definition) is 3. The first kappa shape index (κ1) is 11.7. The standard InChI is InChI=1S/C12H16N2O3/c1-12(4-5-17-7-12)14-10-3-2-8(11(15)16)6-9(10)13/h2-3,6,14H,4-5,7,13H2,1H3,(H,15,16). The number of carboxylic acids is 1. The highest BCUT2D eigenvalue weighted by molar-refractivity contribution is 5.90. The van der Waals surface area contributed by atoms with Gasteiger partial charge in [-0.15, -0.1) is 0 Å². The van der Waals surface area contributed by atoms with Gasteiger partial charge >= 0.3 is 5.97 Å². The molecule has 0 radical (unpaired) electrons. The van der Waals surface area contributed by atoms with E-state index >= 15 is 0 Å². The molecular weight excluding hydrogens is 220 g/mol. The van der Waals surface area contributed by atoms with Gasteiger partial charge in [-0.3, -0.25) is 0 Å². The maximum Gasteiger partial charge on any atom is 0.335 e. The van der Waals surface area contributed by atoms with E-state index in [1.165, 1.54) is 6.07 Å². The van der Waals surface area contributed by atoms with Crippen LogP contribution in [0.4, 0.5) is 11.4 Å². The van der Waals surface area contributed by atoms with E-state index in [1.807, 2.05) is 0 Å². The van der Waals surface area contributed by atoms with Crippen LogP contribution in [-0.2, 0) is 4.74 Å². The van der Waals surface area contributed by atoms with Crippen LogP contribution in [0.2, 0.25) is 0 Å². The molecule has 1 atom stereocenters. The number of carbonyl (C=O) groups is 1. The maximum absolute atomic E-state index is 10.8. The predicted molar refractivity (Wildman–Crippen MR) is 65.3 cm³/mol. The molecule has 17 heavy (non-hydrogen) atoms. The van der Waals surface area contributed by atoms with E-state index in [-0.39, 0.29) is 11.1 Å². The van der Waals surface area contributed by atoms with Crippen LogP contribution in [0.25, 0.3) is 0 Å². The SMILES string of the molecule is CC1(Nc2ccc(C(=O)O)cc2N)CCOC1. The second-order valence-electron chi connectivity index (χ2n) is 4.60. The number of benzene rings is 1. The van der Waals surface area contributed by atoms with E-state index in [9.17, 15) is 4.79 Å². The summed E-state index contributed by atoms with van der Waals surface area (Å²) < 4.78 is 5.34. The third-order valence-electron chi connectivity index (χ3n) is 2.95. The summed E-state index contributed by atoms with van der Waals surface area (Å²) in [6.45, 7) is 3.42. The molecule has 1 aliphatic heterocycles. The summed E-state index contributed by atoms with van der Waals surface area (Å²) in [5.41, 5.74) is 7.09. The van der Waals surface area contributed by atoms with Gasteiger partial charge in [0.15, 0.2) is 0 Å². The molecule has 1 aliphatic rings. The summed E-state index contributed by atoms with van der Waals surface area (Å²) in [4.78, 5) is 10.8. The molecule has 92 valence electrons. The fourth-order valence-electron chi connectivity index (χ4n) is 1.90. The third-order valence-corrected chi connectivity index (χ3v) is 2.95. The van der Waals surface area contributed by atoms with Gasteiger partial charge in [0.05, 0.1) is 29.1 Å². The summed E-state index contributed by atoms with van der Waals surface area (Å²) in [6, 6.07) is 4.70. The zero-order valence-electron chi connectivity index (χ0n) is 9.69. The van der Waals surface area contributed by atoms with Crippen LogP contribution >= 0.6 is 0 Å². The van der Waals surface area contributed by atoms with Crippen LogP contribution in [0, 0.1) is 0 Å². The average Bonchev–Trinajstić information content (AvgIpc) is 2.68. The number of nitrogens with one attached hydrogen (secondary N) is 1. The molecule has 1 saturated heterocycles. The minimum atomic E-state index is -0.973. The number of nitrogens with two attached hydrogens (primary N) is 1. The van der Waals surface area contributed by atoms with Gasteiger partial charge in [-0.25, -0.2) is 4.79 Å². The van der Waals surface area contributed by atoms with Crippen molar-refractivity contribution in [3.8, 4) is 0 Å². The van der Waals surface area contributed by atoms with Gasteiger partial charge in [0.1, 0.15) is 0 Å². The van der Waals surface area contributed by atoms with E-state index in [0.717, 1.165) is 18.7 Å². The fourth-order valence-corrected chi connectivity index (χ4v) is 1.90. The van der Waals surface area contributed by atoms with Crippen molar-refractivity contribution in [3.63, 3.8) is 0 Å². The van der Waals surface area contributed by atoms with Gasteiger partial charge < -0.3 is 20.9 Å². The average molecular weight is 236 g/mol. The number of aromatic carboxylic acids is 1. The Morgan fingerprint density at radius 2 is 2.35 bits per heavy atom. The van der Waals surface area contributed by atoms with E-state index in [1.54, 1.807) is 12.1 Å². The largest absolute Gasteiger partial charge is 0.478 e. The summed E-state index contributed by atoms with van der Waals surface area (Å²) >= 11 is 0. The molecule has 0 amide bonds. The lowest BCUT2D eigenvalue weighted by Crippen LogP contribution is -2.35. The molecule has 1 aromatic carbocycles. The van der Waals surface area contributed by atoms with Gasteiger partial charge in [-0.05, 0) is 31.5 Å². The minimum absolute atomic E-state index is 0.126. The van der Waals surface area contributed by atoms with Gasteiger partial charge in [0.25, 0.3) is 0 Å². The van der Waals surface area contributed by atoms with Crippen LogP contribution in [0.5, 0.6) is 0 Å². The molecule has 0 spiro atoms. The number of hydrogen-bond acceptors (Lipinski definition) is 4. The molecule has 1 fully saturated rings. The molecule has 2 rings (SSSR count). The first-order valence-electron chi connectivity index (χ1n) is 5.49. The minimum Gasteiger partial charge on any atom is -0.478 e. The van der Waals surface area contributed by atoms with E-state index < -0.39 is 5.97 Å². The second-order valence-corrected chi connectivity index (χ2v) is 4.60. The quantitative estimate of drug-likeness (QED) is 0.693. The lowest BCUT2D eigenvalue weighted by Gasteiger charge is -2.26. The summed E-state index contributed by atoms with van der Waals surface area (Å²) in [5.74, 6) is -0.973. The normalized spacial score (nSPS) is 23.6. The number of nitrogen functional groups attached to an aromatic ring is 1. The molecule has 1 unspecified atom stereocenters. The molecule has 0 saturated carbocycles. The van der Waals surface area contributed by atoms with Crippen molar-refractivity contribution in [1.82, 2.24) is 0 Å². The van der Waals surface area contributed by atoms with Crippen molar-refractivity contribution in [3.05, 3.63) is 23.8 Å². The smallest absolute Gasteiger partial charge is 0.335 e. The lowest BCUT2D eigenvalue weighted by molar-refractivity contribution is 0.0697.